The second kappa shape index (κ2) is 5.77. The van der Waals surface area contributed by atoms with E-state index in [1.807, 2.05) is 36.4 Å². The van der Waals surface area contributed by atoms with Crippen LogP contribution in [0.5, 0.6) is 0 Å². The van der Waals surface area contributed by atoms with Crippen molar-refractivity contribution >= 4 is 22.5 Å². The number of nitrogens with two attached hydrogens (primary N) is 1. The Bertz CT molecular complexity index is 791. The molecule has 1 unspecified atom stereocenters. The predicted octanol–water partition coefficient (Wildman–Crippen LogP) is 3.58. The highest BCUT2D eigenvalue weighted by Gasteiger charge is 2.18. The average molecular weight is 302 g/mol. The van der Waals surface area contributed by atoms with Crippen molar-refractivity contribution in [3.8, 4) is 0 Å². The van der Waals surface area contributed by atoms with E-state index in [1.165, 1.54) is 18.2 Å². The van der Waals surface area contributed by atoms with Crippen molar-refractivity contribution in [2.45, 2.75) is 6.04 Å². The van der Waals surface area contributed by atoms with Crippen LogP contribution in [-0.4, -0.2) is 4.98 Å². The molecule has 0 aliphatic heterocycles. The molecule has 0 saturated heterocycles. The average Bonchev–Trinajstić information content (AvgIpc) is 2.51. The van der Waals surface area contributed by atoms with E-state index in [0.717, 1.165) is 10.9 Å². The van der Waals surface area contributed by atoms with Gasteiger partial charge in [-0.2, -0.15) is 0 Å². The second-order valence-electron chi connectivity index (χ2n) is 4.69. The van der Waals surface area contributed by atoms with Gasteiger partial charge in [0, 0.05) is 10.4 Å². The zero-order valence-corrected chi connectivity index (χ0v) is 11.8. The van der Waals surface area contributed by atoms with E-state index in [-0.39, 0.29) is 5.82 Å². The van der Waals surface area contributed by atoms with E-state index >= 15 is 0 Å². The molecule has 3 aromatic rings. The van der Waals surface area contributed by atoms with Gasteiger partial charge < -0.3 is 0 Å². The molecule has 0 radical (unpaired) electrons. The maximum atomic E-state index is 13.5. The number of hydrazine groups is 1. The Hall–Kier alpha value is -2.01. The van der Waals surface area contributed by atoms with Crippen LogP contribution >= 0.6 is 11.6 Å². The van der Waals surface area contributed by atoms with Gasteiger partial charge in [0.05, 0.1) is 17.3 Å². The summed E-state index contributed by atoms with van der Waals surface area (Å²) in [4.78, 5) is 4.57. The van der Waals surface area contributed by atoms with Crippen molar-refractivity contribution in [1.29, 1.82) is 0 Å². The quantitative estimate of drug-likeness (QED) is 0.574. The largest absolute Gasteiger partial charge is 0.271 e. The lowest BCUT2D eigenvalue weighted by molar-refractivity contribution is 0.599. The van der Waals surface area contributed by atoms with E-state index in [4.69, 9.17) is 17.4 Å². The van der Waals surface area contributed by atoms with Gasteiger partial charge in [-0.15, -0.1) is 0 Å². The molecule has 0 saturated carbocycles. The predicted molar refractivity (Wildman–Crippen MR) is 82.3 cm³/mol. The minimum Gasteiger partial charge on any atom is -0.271 e. The van der Waals surface area contributed by atoms with E-state index in [0.29, 0.717) is 16.3 Å². The Kier molecular flexibility index (Phi) is 3.84. The van der Waals surface area contributed by atoms with Crippen molar-refractivity contribution in [3.63, 3.8) is 0 Å². The molecule has 1 aromatic heterocycles. The normalized spacial score (nSPS) is 12.5. The van der Waals surface area contributed by atoms with Gasteiger partial charge in [0.1, 0.15) is 5.82 Å². The molecular weight excluding hydrogens is 289 g/mol. The molecule has 3 nitrogen and oxygen atoms in total. The fourth-order valence-corrected chi connectivity index (χ4v) is 2.54. The maximum absolute atomic E-state index is 13.5. The van der Waals surface area contributed by atoms with Gasteiger partial charge in [-0.1, -0.05) is 35.9 Å². The molecule has 0 bridgehead atoms. The Labute approximate surface area is 126 Å². The third kappa shape index (κ3) is 2.74. The molecule has 3 N–H and O–H groups in total. The lowest BCUT2D eigenvalue weighted by Crippen LogP contribution is -2.29. The molecule has 1 heterocycles. The Morgan fingerprint density at radius 2 is 1.90 bits per heavy atom. The van der Waals surface area contributed by atoms with Crippen molar-refractivity contribution in [1.82, 2.24) is 10.4 Å². The summed E-state index contributed by atoms with van der Waals surface area (Å²) in [5.41, 5.74) is 4.74. The first kappa shape index (κ1) is 13.9. The number of benzene rings is 2. The molecule has 2 aromatic carbocycles. The molecular formula is C16H13ClFN3. The summed E-state index contributed by atoms with van der Waals surface area (Å²) >= 11 is 6.15. The molecule has 1 atom stereocenters. The van der Waals surface area contributed by atoms with Gasteiger partial charge in [-0.05, 0) is 35.9 Å². The molecule has 0 amide bonds. The van der Waals surface area contributed by atoms with Gasteiger partial charge in [0.2, 0.25) is 0 Å². The minimum absolute atomic E-state index is 0.365. The first-order valence-corrected chi connectivity index (χ1v) is 6.83. The molecule has 0 spiro atoms. The summed E-state index contributed by atoms with van der Waals surface area (Å²) in [5.74, 6) is 5.26. The van der Waals surface area contributed by atoms with Crippen molar-refractivity contribution in [2.24, 2.45) is 5.84 Å². The number of nitrogens with one attached hydrogen (secondary N) is 1. The lowest BCUT2D eigenvalue weighted by Gasteiger charge is -2.17. The summed E-state index contributed by atoms with van der Waals surface area (Å²) in [6.07, 6.45) is 0. The number of hydrogen-bond acceptors (Lipinski definition) is 3. The third-order valence-electron chi connectivity index (χ3n) is 3.35. The fourth-order valence-electron chi connectivity index (χ4n) is 2.31. The number of nitrogens with zero attached hydrogens (tertiary/aromatic N) is 1. The fraction of sp³-hybridized carbons (Fsp3) is 0.0625. The smallest absolute Gasteiger partial charge is 0.123 e. The summed E-state index contributed by atoms with van der Waals surface area (Å²) in [5, 5.41) is 1.47. The van der Waals surface area contributed by atoms with Crippen molar-refractivity contribution < 1.29 is 4.39 Å². The molecule has 21 heavy (non-hydrogen) atoms. The van der Waals surface area contributed by atoms with Crippen LogP contribution in [0.15, 0.2) is 54.6 Å². The number of aromatic nitrogens is 1. The minimum atomic E-state index is -0.474. The first-order chi connectivity index (χ1) is 10.2. The number of rotatable bonds is 3. The highest BCUT2D eigenvalue weighted by Crippen LogP contribution is 2.28. The zero-order valence-electron chi connectivity index (χ0n) is 11.1. The van der Waals surface area contributed by atoms with Crippen LogP contribution in [0.2, 0.25) is 5.02 Å². The Balaban J connectivity index is 2.11. The van der Waals surface area contributed by atoms with Crippen LogP contribution < -0.4 is 11.3 Å². The zero-order chi connectivity index (χ0) is 14.8. The third-order valence-corrected chi connectivity index (χ3v) is 3.70. The van der Waals surface area contributed by atoms with Crippen LogP contribution in [0.25, 0.3) is 10.9 Å². The van der Waals surface area contributed by atoms with Crippen LogP contribution in [0.1, 0.15) is 17.3 Å². The second-order valence-corrected chi connectivity index (χ2v) is 5.10. The van der Waals surface area contributed by atoms with Gasteiger partial charge in [0.25, 0.3) is 0 Å². The monoisotopic (exact) mass is 301 g/mol. The van der Waals surface area contributed by atoms with Crippen molar-refractivity contribution in [3.05, 3.63) is 76.7 Å². The van der Waals surface area contributed by atoms with E-state index < -0.39 is 6.04 Å². The molecule has 5 heteroatoms. The number of pyridine rings is 1. The SMILES string of the molecule is NNC(c1ccc2ccccc2n1)c1cc(F)ccc1Cl. The van der Waals surface area contributed by atoms with Gasteiger partial charge in [-0.25, -0.2) is 9.82 Å². The summed E-state index contributed by atoms with van der Waals surface area (Å²) in [7, 11) is 0. The number of halogens is 2. The summed E-state index contributed by atoms with van der Waals surface area (Å²) < 4.78 is 13.5. The topological polar surface area (TPSA) is 50.9 Å². The van der Waals surface area contributed by atoms with Crippen LogP contribution in [-0.2, 0) is 0 Å². The highest BCUT2D eigenvalue weighted by atomic mass is 35.5. The summed E-state index contributed by atoms with van der Waals surface area (Å²) in [6.45, 7) is 0. The van der Waals surface area contributed by atoms with Gasteiger partial charge >= 0.3 is 0 Å². The number of hydrogen-bond donors (Lipinski definition) is 2. The van der Waals surface area contributed by atoms with E-state index in [1.54, 1.807) is 0 Å². The highest BCUT2D eigenvalue weighted by molar-refractivity contribution is 6.31. The van der Waals surface area contributed by atoms with Crippen LogP contribution in [0.4, 0.5) is 4.39 Å². The Morgan fingerprint density at radius 3 is 2.71 bits per heavy atom. The van der Waals surface area contributed by atoms with E-state index in [2.05, 4.69) is 10.4 Å². The standard InChI is InChI=1S/C16H13ClFN3/c17-13-7-6-11(18)9-12(13)16(21-19)15-8-5-10-3-1-2-4-14(10)20-15/h1-9,16,21H,19H2. The molecule has 0 aliphatic carbocycles. The maximum Gasteiger partial charge on any atom is 0.123 e. The molecule has 3 rings (SSSR count). The van der Waals surface area contributed by atoms with Crippen LogP contribution in [0, 0.1) is 5.82 Å². The Morgan fingerprint density at radius 1 is 1.10 bits per heavy atom. The summed E-state index contributed by atoms with van der Waals surface area (Å²) in [6, 6.07) is 15.3. The molecule has 0 aliphatic rings. The van der Waals surface area contributed by atoms with Gasteiger partial charge in [-0.3, -0.25) is 10.8 Å². The number of para-hydroxylation sites is 1. The number of fused-ring (bicyclic) bond motifs is 1. The van der Waals surface area contributed by atoms with Crippen molar-refractivity contribution in [2.75, 3.05) is 0 Å². The molecule has 106 valence electrons. The van der Waals surface area contributed by atoms with Crippen LogP contribution in [0.3, 0.4) is 0 Å². The first-order valence-electron chi connectivity index (χ1n) is 6.46. The van der Waals surface area contributed by atoms with Gasteiger partial charge in [0.15, 0.2) is 0 Å². The lowest BCUT2D eigenvalue weighted by atomic mass is 10.0. The van der Waals surface area contributed by atoms with E-state index in [9.17, 15) is 4.39 Å². The molecule has 0 fully saturated rings.